The third kappa shape index (κ3) is 8.29. The van der Waals surface area contributed by atoms with Gasteiger partial charge in [-0.2, -0.15) is 0 Å². The van der Waals surface area contributed by atoms with E-state index in [0.29, 0.717) is 35.6 Å². The van der Waals surface area contributed by atoms with Crippen molar-refractivity contribution >= 4 is 52.7 Å². The molecule has 4 aromatic rings. The Morgan fingerprint density at radius 1 is 1.05 bits per heavy atom. The summed E-state index contributed by atoms with van der Waals surface area (Å²) in [5.41, 5.74) is 9.11. The normalized spacial score (nSPS) is 10.6. The lowest BCUT2D eigenvalue weighted by molar-refractivity contribution is -0.143. The van der Waals surface area contributed by atoms with Gasteiger partial charge in [0.25, 0.3) is 5.91 Å². The SMILES string of the molecule is CCCCCCOC(=O)CCN(C(=O)c1ccc2c(c1)nc(CNc1ccc(C(=N)N)cc1)n2C)c1ccccn1.Cl. The lowest BCUT2D eigenvalue weighted by Crippen LogP contribution is -2.34. The van der Waals surface area contributed by atoms with Crippen LogP contribution < -0.4 is 16.0 Å². The number of hydrogen-bond donors (Lipinski definition) is 3. The van der Waals surface area contributed by atoms with Crippen LogP contribution >= 0.6 is 12.4 Å². The average molecular weight is 592 g/mol. The number of nitrogens with two attached hydrogens (primary N) is 1. The first kappa shape index (κ1) is 32.1. The Hall–Kier alpha value is -4.44. The van der Waals surface area contributed by atoms with Crippen LogP contribution in [0.3, 0.4) is 0 Å². The number of amides is 1. The minimum Gasteiger partial charge on any atom is -0.466 e. The lowest BCUT2D eigenvalue weighted by atomic mass is 10.1. The Bertz CT molecular complexity index is 1490. The first-order valence-electron chi connectivity index (χ1n) is 13.9. The number of nitrogens with one attached hydrogen (secondary N) is 2. The minimum atomic E-state index is -0.330. The molecule has 222 valence electrons. The summed E-state index contributed by atoms with van der Waals surface area (Å²) in [4.78, 5) is 36.7. The van der Waals surface area contributed by atoms with E-state index < -0.39 is 0 Å². The number of aromatic nitrogens is 3. The number of aryl methyl sites for hydroxylation is 1. The first-order valence-corrected chi connectivity index (χ1v) is 13.9. The topological polar surface area (TPSA) is 139 Å². The zero-order valence-electron chi connectivity index (χ0n) is 24.0. The van der Waals surface area contributed by atoms with Crippen LogP contribution in [0.1, 0.15) is 60.8 Å². The van der Waals surface area contributed by atoms with E-state index in [-0.39, 0.29) is 43.1 Å². The molecule has 0 atom stereocenters. The van der Waals surface area contributed by atoms with Crippen molar-refractivity contribution in [2.75, 3.05) is 23.4 Å². The molecular weight excluding hydrogens is 554 g/mol. The molecule has 4 rings (SSSR count). The van der Waals surface area contributed by atoms with Gasteiger partial charge in [-0.25, -0.2) is 9.97 Å². The largest absolute Gasteiger partial charge is 0.466 e. The van der Waals surface area contributed by atoms with Gasteiger partial charge in [-0.3, -0.25) is 19.9 Å². The summed E-state index contributed by atoms with van der Waals surface area (Å²) in [6, 6.07) is 18.1. The van der Waals surface area contributed by atoms with Gasteiger partial charge in [0, 0.05) is 36.6 Å². The molecule has 10 nitrogen and oxygen atoms in total. The molecule has 0 saturated heterocycles. The lowest BCUT2D eigenvalue weighted by Gasteiger charge is -2.21. The van der Waals surface area contributed by atoms with Crippen LogP contribution in [0.25, 0.3) is 11.0 Å². The quantitative estimate of drug-likeness (QED) is 0.0767. The number of unbranched alkanes of at least 4 members (excludes halogenated alkanes) is 3. The van der Waals surface area contributed by atoms with Crippen molar-refractivity contribution in [3.8, 4) is 0 Å². The number of benzene rings is 2. The number of nitrogen functional groups attached to an aromatic ring is 1. The van der Waals surface area contributed by atoms with Crippen molar-refractivity contribution < 1.29 is 14.3 Å². The molecule has 0 radical (unpaired) electrons. The second kappa shape index (κ2) is 15.5. The molecule has 2 aromatic heterocycles. The molecule has 0 saturated carbocycles. The van der Waals surface area contributed by atoms with Crippen LogP contribution in [0, 0.1) is 5.41 Å². The van der Waals surface area contributed by atoms with Gasteiger partial charge in [-0.1, -0.05) is 32.3 Å². The number of carbonyl (C=O) groups is 2. The molecule has 42 heavy (non-hydrogen) atoms. The maximum atomic E-state index is 13.7. The molecule has 0 bridgehead atoms. The Kier molecular flexibility index (Phi) is 11.9. The molecule has 0 aliphatic rings. The van der Waals surface area contributed by atoms with Crippen LogP contribution in [0.2, 0.25) is 0 Å². The highest BCUT2D eigenvalue weighted by molar-refractivity contribution is 6.07. The van der Waals surface area contributed by atoms with Crippen LogP contribution in [0.4, 0.5) is 11.5 Å². The Labute approximate surface area is 252 Å². The first-order chi connectivity index (χ1) is 19.9. The van der Waals surface area contributed by atoms with Crippen molar-refractivity contribution in [3.05, 3.63) is 83.8 Å². The third-order valence-corrected chi connectivity index (χ3v) is 6.84. The molecule has 11 heteroatoms. The van der Waals surface area contributed by atoms with Gasteiger partial charge in [0.15, 0.2) is 0 Å². The number of pyridine rings is 1. The van der Waals surface area contributed by atoms with Gasteiger partial charge < -0.3 is 20.4 Å². The average Bonchev–Trinajstić information content (AvgIpc) is 3.31. The van der Waals surface area contributed by atoms with Crippen molar-refractivity contribution in [2.45, 2.75) is 45.6 Å². The van der Waals surface area contributed by atoms with E-state index in [1.54, 1.807) is 42.6 Å². The van der Waals surface area contributed by atoms with Crippen molar-refractivity contribution in [3.63, 3.8) is 0 Å². The fourth-order valence-electron chi connectivity index (χ4n) is 4.47. The summed E-state index contributed by atoms with van der Waals surface area (Å²) in [6.07, 6.45) is 5.81. The number of anilines is 2. The van der Waals surface area contributed by atoms with E-state index in [4.69, 9.17) is 20.9 Å². The summed E-state index contributed by atoms with van der Waals surface area (Å²) in [6.45, 7) is 3.15. The number of imidazole rings is 1. The van der Waals surface area contributed by atoms with Gasteiger partial charge in [0.1, 0.15) is 17.5 Å². The molecule has 0 spiro atoms. The van der Waals surface area contributed by atoms with Crippen LogP contribution in [-0.2, 0) is 23.1 Å². The van der Waals surface area contributed by atoms with Crippen molar-refractivity contribution in [1.82, 2.24) is 14.5 Å². The number of halogens is 1. The highest BCUT2D eigenvalue weighted by Crippen LogP contribution is 2.21. The number of hydrogen-bond acceptors (Lipinski definition) is 7. The van der Waals surface area contributed by atoms with Gasteiger partial charge in [0.05, 0.1) is 30.6 Å². The monoisotopic (exact) mass is 591 g/mol. The predicted octanol–water partition coefficient (Wildman–Crippen LogP) is 5.45. The number of ether oxygens (including phenoxy) is 1. The Morgan fingerprint density at radius 3 is 2.50 bits per heavy atom. The standard InChI is InChI=1S/C31H37N7O3.ClH/c1-3-4-5-8-19-41-29(39)16-18-38(27-9-6-7-17-34-27)31(40)23-12-15-26-25(20-23)36-28(37(26)2)21-35-24-13-10-22(11-14-24)30(32)33;/h6-7,9-15,17,20,35H,3-5,8,16,18-19,21H2,1-2H3,(H3,32,33);1H. The maximum Gasteiger partial charge on any atom is 0.307 e. The van der Waals surface area contributed by atoms with Gasteiger partial charge in [0.2, 0.25) is 0 Å². The second-order valence-electron chi connectivity index (χ2n) is 9.81. The fraction of sp³-hybridized carbons (Fsp3) is 0.323. The molecule has 1 amide bonds. The van der Waals surface area contributed by atoms with Gasteiger partial charge in [-0.05, 0) is 61.0 Å². The third-order valence-electron chi connectivity index (χ3n) is 6.84. The summed E-state index contributed by atoms with van der Waals surface area (Å²) in [5.74, 6) is 0.691. The van der Waals surface area contributed by atoms with E-state index >= 15 is 0 Å². The van der Waals surface area contributed by atoms with E-state index in [1.807, 2.05) is 35.9 Å². The predicted molar refractivity (Wildman–Crippen MR) is 168 cm³/mol. The molecule has 2 heterocycles. The van der Waals surface area contributed by atoms with Crippen molar-refractivity contribution in [1.29, 1.82) is 5.41 Å². The molecule has 4 N–H and O–H groups in total. The van der Waals surface area contributed by atoms with Crippen LogP contribution in [-0.4, -0.2) is 45.4 Å². The fourth-order valence-corrected chi connectivity index (χ4v) is 4.47. The van der Waals surface area contributed by atoms with Crippen LogP contribution in [0.15, 0.2) is 66.9 Å². The maximum absolute atomic E-state index is 13.7. The summed E-state index contributed by atoms with van der Waals surface area (Å²) >= 11 is 0. The molecule has 0 aliphatic heterocycles. The molecule has 0 fully saturated rings. The Balaban J connectivity index is 0.00000484. The van der Waals surface area contributed by atoms with E-state index in [2.05, 4.69) is 17.2 Å². The molecule has 0 aliphatic carbocycles. The number of fused-ring (bicyclic) bond motifs is 1. The summed E-state index contributed by atoms with van der Waals surface area (Å²) in [5, 5.41) is 10.9. The van der Waals surface area contributed by atoms with Gasteiger partial charge >= 0.3 is 5.97 Å². The van der Waals surface area contributed by atoms with E-state index in [0.717, 1.165) is 42.7 Å². The van der Waals surface area contributed by atoms with E-state index in [9.17, 15) is 9.59 Å². The highest BCUT2D eigenvalue weighted by atomic mass is 35.5. The minimum absolute atomic E-state index is 0. The smallest absolute Gasteiger partial charge is 0.307 e. The number of amidine groups is 1. The molecule has 0 unspecified atom stereocenters. The number of nitrogens with zero attached hydrogens (tertiary/aromatic N) is 4. The number of carbonyl (C=O) groups excluding carboxylic acids is 2. The molecule has 2 aromatic carbocycles. The zero-order valence-corrected chi connectivity index (χ0v) is 24.8. The van der Waals surface area contributed by atoms with Crippen LogP contribution in [0.5, 0.6) is 0 Å². The van der Waals surface area contributed by atoms with Gasteiger partial charge in [-0.15, -0.1) is 12.4 Å². The number of rotatable bonds is 14. The van der Waals surface area contributed by atoms with Crippen molar-refractivity contribution in [2.24, 2.45) is 12.8 Å². The second-order valence-corrected chi connectivity index (χ2v) is 9.81. The Morgan fingerprint density at radius 2 is 1.81 bits per heavy atom. The zero-order chi connectivity index (χ0) is 29.2. The summed E-state index contributed by atoms with van der Waals surface area (Å²) < 4.78 is 7.35. The van der Waals surface area contributed by atoms with E-state index in [1.165, 1.54) is 4.90 Å². The highest BCUT2D eigenvalue weighted by Gasteiger charge is 2.21. The number of esters is 1. The summed E-state index contributed by atoms with van der Waals surface area (Å²) in [7, 11) is 1.93. The molecular formula is C31H38ClN7O3.